The van der Waals surface area contributed by atoms with Crippen LogP contribution in [0.4, 0.5) is 0 Å². The lowest BCUT2D eigenvalue weighted by molar-refractivity contribution is -0.270. The molecule has 21 heteroatoms. The Morgan fingerprint density at radius 3 is 1.44 bits per heavy atom. The van der Waals surface area contributed by atoms with E-state index in [-0.39, 0.29) is 90.0 Å². The van der Waals surface area contributed by atoms with Crippen molar-refractivity contribution in [3.63, 3.8) is 0 Å². The molecule has 550 valence electrons. The fraction of sp³-hybridized carbons (Fsp3) is 0.870. The molecule has 2 aromatic heterocycles. The fourth-order valence-electron chi connectivity index (χ4n) is 25.2. The molecular formula is C77H122Br2N8O11. The van der Waals surface area contributed by atoms with Gasteiger partial charge in [0.05, 0.1) is 75.8 Å². The van der Waals surface area contributed by atoms with Crippen LogP contribution in [0.2, 0.25) is 0 Å². The number of rotatable bonds is 14. The average molecular weight is 1500 g/mol. The zero-order valence-electron chi connectivity index (χ0n) is 62.0. The normalized spacial score (nSPS) is 44.9. The number of nitrogens with two attached hydrogens (primary N) is 2. The summed E-state index contributed by atoms with van der Waals surface area (Å²) in [5, 5.41) is 32.9. The molecule has 4 aliphatic heterocycles. The van der Waals surface area contributed by atoms with Crippen molar-refractivity contribution in [1.29, 1.82) is 0 Å². The SMILES string of the molecule is Brc1ncn[nH]1.CC(C)[C@@H](C)[C@@]1(C)CC[C@]2(C)[C@H]3CC[C@@H]4[C@@]5(COC[C@@]4(C)[C@@H](OCC4(N)CCOCC4)[C@H](n4ncnc4Br)C5)C3=CC[C@@]2(C)[C@@H]1C(=O)O.CO[C@@H]1C[C@@]23COC[C@](C)([C@@H]2CC[C@H]2C3=CC[C@@]3(C)[C@H](C(=O)O)[C@@](C)([C@H](C)C(C)C)CC[C@]23C)[C@H]1OCC1(N)CCOCC1. The van der Waals surface area contributed by atoms with Crippen molar-refractivity contribution in [3.8, 4) is 0 Å². The van der Waals surface area contributed by atoms with E-state index in [1.54, 1.807) is 11.9 Å². The summed E-state index contributed by atoms with van der Waals surface area (Å²) in [5.41, 5.74) is 13.9. The van der Waals surface area contributed by atoms with E-state index in [0.717, 1.165) is 109 Å². The minimum atomic E-state index is -0.619. The van der Waals surface area contributed by atoms with Crippen LogP contribution in [0.15, 0.2) is 45.4 Å². The second-order valence-corrected chi connectivity index (χ2v) is 38.1. The number of hydrogen-bond donors (Lipinski definition) is 5. The van der Waals surface area contributed by atoms with Crippen molar-refractivity contribution in [2.75, 3.05) is 73.2 Å². The van der Waals surface area contributed by atoms with Gasteiger partial charge in [-0.05, 0) is 214 Å². The number of halogens is 2. The second-order valence-electron chi connectivity index (χ2n) is 36.6. The number of aromatic nitrogens is 6. The number of carboxylic acid groups (broad SMARTS) is 2. The lowest BCUT2D eigenvalue weighted by Crippen LogP contribution is -2.70. The number of aliphatic carboxylic acids is 2. The first-order valence-electron chi connectivity index (χ1n) is 37.6. The largest absolute Gasteiger partial charge is 0.481 e. The predicted octanol–water partition coefficient (Wildman–Crippen LogP) is 14.1. The minimum absolute atomic E-state index is 0.0438. The fourth-order valence-corrected chi connectivity index (χ4v) is 25.8. The zero-order valence-corrected chi connectivity index (χ0v) is 65.2. The highest BCUT2D eigenvalue weighted by molar-refractivity contribution is 9.10. The van der Waals surface area contributed by atoms with Crippen LogP contribution < -0.4 is 11.5 Å². The van der Waals surface area contributed by atoms with E-state index in [0.29, 0.717) is 116 Å². The molecule has 8 aliphatic carbocycles. The van der Waals surface area contributed by atoms with Gasteiger partial charge < -0.3 is 54.8 Å². The summed E-state index contributed by atoms with van der Waals surface area (Å²) in [6.07, 6.45) is 22.8. The molecule has 10 fully saturated rings. The maximum absolute atomic E-state index is 13.5. The van der Waals surface area contributed by atoms with E-state index in [1.807, 2.05) is 11.8 Å². The number of carboxylic acids is 2. The molecule has 0 aromatic carbocycles. The number of fused-ring (bicyclic) bond motifs is 6. The number of nitrogens with one attached hydrogen (secondary N) is 1. The van der Waals surface area contributed by atoms with E-state index >= 15 is 0 Å². The topological polar surface area (TPSA) is 264 Å². The highest BCUT2D eigenvalue weighted by Crippen LogP contribution is 2.78. The number of nitrogens with zero attached hydrogens (tertiary/aromatic N) is 5. The second kappa shape index (κ2) is 27.0. The molecule has 6 heterocycles. The molecule has 14 rings (SSSR count). The van der Waals surface area contributed by atoms with Crippen LogP contribution >= 0.6 is 31.9 Å². The molecule has 4 saturated heterocycles. The summed E-state index contributed by atoms with van der Waals surface area (Å²) in [6.45, 7) is 38.9. The Morgan fingerprint density at radius 1 is 0.602 bits per heavy atom. The first-order valence-corrected chi connectivity index (χ1v) is 39.2. The molecule has 7 N–H and O–H groups in total. The van der Waals surface area contributed by atoms with Crippen LogP contribution in [0.3, 0.4) is 0 Å². The maximum atomic E-state index is 13.5. The molecule has 0 unspecified atom stereocenters. The molecule has 2 aromatic rings. The Bertz CT molecular complexity index is 3270. The standard InChI is InChI=1S/C38H59BrN4O5.C37H61NO6.C2H2BrN3/c1-23(2)24(3)33(4)12-13-35(6)25-8-9-28-34(5)19-47-21-38(28,26(25)10-11-36(35,7)29(33)31(44)45)18-27(43-32(39)41-22-42-43)30(34)48-20-37(40)14-16-46-17-15-37;1-23(2)24(3)32(4)13-14-34(6)25-9-10-28-33(5)20-43-22-37(28,26(25)11-12-35(34,7)29(32)31(39)40)19-27(41-8)30(33)44-21-36(38)15-17-42-18-16-36;3-2-4-1-5-6-2/h10,22-25,27-30H,8-9,11-21,40H2,1-7H3,(H,44,45);11,23-25,27-30H,9-10,12-22,38H2,1-8H3,(H,39,40);1H,(H,4,5,6)/t24-,25+,27-,28+,29-,30+,33-,34-,35-,36+,38+;24-,25+,27-,28+,29-,30+,32-,33-,34-,35+,37+;/m11./s1. The van der Waals surface area contributed by atoms with Crippen molar-refractivity contribution >= 4 is 43.8 Å². The number of aromatic amines is 1. The third kappa shape index (κ3) is 11.7. The number of allylic oxidation sites excluding steroid dienone is 2. The summed E-state index contributed by atoms with van der Waals surface area (Å²) >= 11 is 6.78. The Kier molecular flexibility index (Phi) is 20.7. The number of methoxy groups -OCH3 is 1. The van der Waals surface area contributed by atoms with Gasteiger partial charge in [-0.2, -0.15) is 10.2 Å². The van der Waals surface area contributed by atoms with Gasteiger partial charge in [-0.25, -0.2) is 14.6 Å². The van der Waals surface area contributed by atoms with Gasteiger partial charge in [0.15, 0.2) is 9.47 Å². The van der Waals surface area contributed by atoms with E-state index in [4.69, 9.17) is 49.7 Å². The van der Waals surface area contributed by atoms with E-state index in [1.165, 1.54) is 11.9 Å². The Labute approximate surface area is 601 Å². The number of ether oxygens (including phenoxy) is 7. The first-order chi connectivity index (χ1) is 46.1. The molecule has 12 aliphatic rings. The monoisotopic (exact) mass is 1490 g/mol. The third-order valence-electron chi connectivity index (χ3n) is 31.8. The van der Waals surface area contributed by atoms with Gasteiger partial charge in [0.25, 0.3) is 0 Å². The molecular weight excluding hydrogens is 1370 g/mol. The summed E-state index contributed by atoms with van der Waals surface area (Å²) in [4.78, 5) is 34.9. The number of carbonyl (C=O) groups is 2. The van der Waals surface area contributed by atoms with Crippen LogP contribution in [0, 0.1) is 113 Å². The van der Waals surface area contributed by atoms with E-state index in [2.05, 4.69) is 161 Å². The van der Waals surface area contributed by atoms with E-state index < -0.39 is 23.4 Å². The molecule has 22 atom stereocenters. The predicted molar refractivity (Wildman–Crippen MR) is 382 cm³/mol. The lowest BCUT2D eigenvalue weighted by atomic mass is 9.34. The van der Waals surface area contributed by atoms with Crippen LogP contribution in [0.1, 0.15) is 206 Å². The Hall–Kier alpha value is -2.70. The minimum Gasteiger partial charge on any atom is -0.481 e. The van der Waals surface area contributed by atoms with Crippen LogP contribution in [0.25, 0.3) is 0 Å². The van der Waals surface area contributed by atoms with Crippen molar-refractivity contribution in [3.05, 3.63) is 45.4 Å². The van der Waals surface area contributed by atoms with Gasteiger partial charge in [0.2, 0.25) is 0 Å². The quantitative estimate of drug-likeness (QED) is 0.110. The van der Waals surface area contributed by atoms with Crippen LogP contribution in [-0.4, -0.2) is 155 Å². The van der Waals surface area contributed by atoms with Gasteiger partial charge in [-0.3, -0.25) is 14.7 Å². The summed E-state index contributed by atoms with van der Waals surface area (Å²) in [5.74, 6) is 1.00. The summed E-state index contributed by atoms with van der Waals surface area (Å²) in [7, 11) is 1.84. The molecule has 4 bridgehead atoms. The highest BCUT2D eigenvalue weighted by Gasteiger charge is 2.75. The van der Waals surface area contributed by atoms with Crippen molar-refractivity contribution in [2.45, 2.75) is 235 Å². The molecule has 0 amide bonds. The lowest BCUT2D eigenvalue weighted by Gasteiger charge is -2.71. The number of H-pyrrole nitrogens is 1. The maximum Gasteiger partial charge on any atom is 0.307 e. The molecule has 19 nitrogen and oxygen atoms in total. The Morgan fingerprint density at radius 2 is 1.05 bits per heavy atom. The molecule has 98 heavy (non-hydrogen) atoms. The smallest absolute Gasteiger partial charge is 0.307 e. The zero-order chi connectivity index (χ0) is 70.8. The van der Waals surface area contributed by atoms with Gasteiger partial charge in [0.1, 0.15) is 12.7 Å². The van der Waals surface area contributed by atoms with Crippen LogP contribution in [0.5, 0.6) is 0 Å². The van der Waals surface area contributed by atoms with Gasteiger partial charge in [-0.1, -0.05) is 120 Å². The average Bonchev–Trinajstić information content (AvgIpc) is 0.703. The van der Waals surface area contributed by atoms with Crippen molar-refractivity contribution in [1.82, 2.24) is 29.9 Å². The highest BCUT2D eigenvalue weighted by atomic mass is 79.9. The van der Waals surface area contributed by atoms with Gasteiger partial charge in [-0.15, -0.1) is 0 Å². The van der Waals surface area contributed by atoms with Crippen molar-refractivity contribution in [2.24, 2.45) is 125 Å². The Balaban J connectivity index is 0.000000172. The molecule has 0 spiro atoms. The molecule has 0 radical (unpaired) electrons. The van der Waals surface area contributed by atoms with Crippen LogP contribution in [-0.2, 0) is 42.7 Å². The third-order valence-corrected chi connectivity index (χ3v) is 32.7. The van der Waals surface area contributed by atoms with Gasteiger partial charge >= 0.3 is 11.9 Å². The summed E-state index contributed by atoms with van der Waals surface area (Å²) in [6, 6.07) is -0.0514. The first kappa shape index (κ1) is 75.0. The summed E-state index contributed by atoms with van der Waals surface area (Å²) < 4.78 is 48.2. The van der Waals surface area contributed by atoms with Gasteiger partial charge in [0, 0.05) is 66.3 Å². The molecule has 6 saturated carbocycles. The van der Waals surface area contributed by atoms with E-state index in [9.17, 15) is 19.8 Å². The number of hydrogen-bond acceptors (Lipinski definition) is 15. The van der Waals surface area contributed by atoms with Crippen molar-refractivity contribution < 1.29 is 53.0 Å².